The van der Waals surface area contributed by atoms with Gasteiger partial charge in [-0.25, -0.2) is 0 Å². The monoisotopic (exact) mass is 262 g/mol. The van der Waals surface area contributed by atoms with Crippen molar-refractivity contribution < 1.29 is 9.52 Å². The number of aryl methyl sites for hydroxylation is 1. The molecule has 0 aliphatic heterocycles. The third kappa shape index (κ3) is 1.43. The molecule has 1 aromatic heterocycles. The Morgan fingerprint density at radius 2 is 1.60 bits per heavy atom. The topological polar surface area (TPSA) is 33.4 Å². The SMILES string of the molecule is Cc1oc2c(ccc3c4ccccc4ccc32)c1CO. The van der Waals surface area contributed by atoms with Gasteiger partial charge in [0.25, 0.3) is 0 Å². The Kier molecular flexibility index (Phi) is 2.35. The van der Waals surface area contributed by atoms with Gasteiger partial charge < -0.3 is 9.52 Å². The number of aliphatic hydroxyl groups is 1. The molecule has 1 heterocycles. The summed E-state index contributed by atoms with van der Waals surface area (Å²) in [5.41, 5.74) is 1.75. The van der Waals surface area contributed by atoms with Crippen LogP contribution in [-0.4, -0.2) is 5.11 Å². The first kappa shape index (κ1) is 11.5. The third-order valence-corrected chi connectivity index (χ3v) is 4.04. The van der Waals surface area contributed by atoms with Gasteiger partial charge in [0.1, 0.15) is 11.3 Å². The number of benzene rings is 3. The molecule has 0 bridgehead atoms. The van der Waals surface area contributed by atoms with Gasteiger partial charge in [0.15, 0.2) is 0 Å². The molecule has 0 radical (unpaired) electrons. The van der Waals surface area contributed by atoms with E-state index >= 15 is 0 Å². The van der Waals surface area contributed by atoms with E-state index in [1.807, 2.05) is 19.1 Å². The summed E-state index contributed by atoms with van der Waals surface area (Å²) in [4.78, 5) is 0. The number of hydrogen-bond acceptors (Lipinski definition) is 2. The molecule has 0 saturated carbocycles. The molecular formula is C18H14O2. The molecule has 0 unspecified atom stereocenters. The van der Waals surface area contributed by atoms with Gasteiger partial charge in [-0.15, -0.1) is 0 Å². The number of fused-ring (bicyclic) bond motifs is 5. The first-order valence-corrected chi connectivity index (χ1v) is 6.73. The lowest BCUT2D eigenvalue weighted by Gasteiger charge is -2.04. The van der Waals surface area contributed by atoms with Gasteiger partial charge in [0.2, 0.25) is 0 Å². The van der Waals surface area contributed by atoms with Crippen molar-refractivity contribution in [3.8, 4) is 0 Å². The predicted molar refractivity (Wildman–Crippen MR) is 81.9 cm³/mol. The highest BCUT2D eigenvalue weighted by atomic mass is 16.3. The lowest BCUT2D eigenvalue weighted by molar-refractivity contribution is 0.280. The van der Waals surface area contributed by atoms with Crippen LogP contribution in [-0.2, 0) is 6.61 Å². The first-order chi connectivity index (χ1) is 9.79. The Morgan fingerprint density at radius 1 is 0.850 bits per heavy atom. The zero-order chi connectivity index (χ0) is 13.7. The van der Waals surface area contributed by atoms with Crippen LogP contribution < -0.4 is 0 Å². The van der Waals surface area contributed by atoms with Crippen molar-refractivity contribution in [2.75, 3.05) is 0 Å². The summed E-state index contributed by atoms with van der Waals surface area (Å²) >= 11 is 0. The molecule has 2 heteroatoms. The van der Waals surface area contributed by atoms with Gasteiger partial charge in [0, 0.05) is 16.3 Å². The van der Waals surface area contributed by atoms with Crippen LogP contribution in [0, 0.1) is 6.92 Å². The number of furan rings is 1. The normalized spacial score (nSPS) is 11.7. The highest BCUT2D eigenvalue weighted by molar-refractivity contribution is 6.16. The maximum absolute atomic E-state index is 9.49. The van der Waals surface area contributed by atoms with Crippen LogP contribution in [0.1, 0.15) is 11.3 Å². The minimum absolute atomic E-state index is 0.0118. The van der Waals surface area contributed by atoms with E-state index < -0.39 is 0 Å². The molecule has 0 spiro atoms. The average molecular weight is 262 g/mol. The van der Waals surface area contributed by atoms with Crippen LogP contribution in [0.25, 0.3) is 32.5 Å². The van der Waals surface area contributed by atoms with Crippen LogP contribution in [0.15, 0.2) is 52.9 Å². The molecule has 20 heavy (non-hydrogen) atoms. The van der Waals surface area contributed by atoms with Crippen LogP contribution in [0.5, 0.6) is 0 Å². The smallest absolute Gasteiger partial charge is 0.142 e. The summed E-state index contributed by atoms with van der Waals surface area (Å²) in [6.07, 6.45) is 0. The summed E-state index contributed by atoms with van der Waals surface area (Å²) in [6.45, 7) is 1.91. The molecule has 98 valence electrons. The quantitative estimate of drug-likeness (QED) is 0.511. The Balaban J connectivity index is 2.23. The highest BCUT2D eigenvalue weighted by Gasteiger charge is 2.13. The molecule has 0 saturated heterocycles. The van der Waals surface area contributed by atoms with Gasteiger partial charge >= 0.3 is 0 Å². The minimum Gasteiger partial charge on any atom is -0.460 e. The molecular weight excluding hydrogens is 248 g/mol. The maximum Gasteiger partial charge on any atom is 0.142 e. The third-order valence-electron chi connectivity index (χ3n) is 4.04. The molecule has 4 rings (SSSR count). The Hall–Kier alpha value is -2.32. The summed E-state index contributed by atoms with van der Waals surface area (Å²) in [6, 6.07) is 16.7. The van der Waals surface area contributed by atoms with Gasteiger partial charge in [0.05, 0.1) is 6.61 Å². The lowest BCUT2D eigenvalue weighted by Crippen LogP contribution is -1.83. The van der Waals surface area contributed by atoms with E-state index in [0.29, 0.717) is 0 Å². The van der Waals surface area contributed by atoms with Crippen LogP contribution in [0.2, 0.25) is 0 Å². The summed E-state index contributed by atoms with van der Waals surface area (Å²) in [5, 5.41) is 15.2. The molecule has 1 N–H and O–H groups in total. The van der Waals surface area contributed by atoms with E-state index in [1.165, 1.54) is 16.2 Å². The molecule has 0 fully saturated rings. The van der Waals surface area contributed by atoms with Crippen molar-refractivity contribution in [1.82, 2.24) is 0 Å². The van der Waals surface area contributed by atoms with E-state index in [4.69, 9.17) is 4.42 Å². The molecule has 4 aromatic rings. The molecule has 2 nitrogen and oxygen atoms in total. The second-order valence-electron chi connectivity index (χ2n) is 5.12. The fraction of sp³-hybridized carbons (Fsp3) is 0.111. The Morgan fingerprint density at radius 3 is 2.45 bits per heavy atom. The molecule has 0 aliphatic carbocycles. The average Bonchev–Trinajstić information content (AvgIpc) is 2.82. The lowest BCUT2D eigenvalue weighted by atomic mass is 9.99. The van der Waals surface area contributed by atoms with Gasteiger partial charge in [-0.05, 0) is 29.1 Å². The first-order valence-electron chi connectivity index (χ1n) is 6.73. The van der Waals surface area contributed by atoms with E-state index in [1.54, 1.807) is 0 Å². The van der Waals surface area contributed by atoms with Crippen molar-refractivity contribution >= 4 is 32.5 Å². The van der Waals surface area contributed by atoms with Gasteiger partial charge in [-0.1, -0.05) is 42.5 Å². The van der Waals surface area contributed by atoms with E-state index in [2.05, 4.69) is 36.4 Å². The number of hydrogen-bond donors (Lipinski definition) is 1. The maximum atomic E-state index is 9.49. The van der Waals surface area contributed by atoms with Crippen LogP contribution in [0.3, 0.4) is 0 Å². The second-order valence-corrected chi connectivity index (χ2v) is 5.12. The fourth-order valence-electron chi connectivity index (χ4n) is 3.01. The minimum atomic E-state index is 0.0118. The fourth-order valence-corrected chi connectivity index (χ4v) is 3.01. The van der Waals surface area contributed by atoms with Crippen molar-refractivity contribution in [3.05, 3.63) is 59.9 Å². The molecule has 0 aliphatic rings. The molecule has 0 atom stereocenters. The van der Waals surface area contributed by atoms with E-state index in [0.717, 1.165) is 27.7 Å². The summed E-state index contributed by atoms with van der Waals surface area (Å²) in [5.74, 6) is 0.795. The summed E-state index contributed by atoms with van der Waals surface area (Å²) < 4.78 is 5.89. The predicted octanol–water partition coefficient (Wildman–Crippen LogP) is 4.54. The standard InChI is InChI=1S/C18H14O2/c1-11-17(10-19)16-9-8-14-13-5-3-2-4-12(13)6-7-15(14)18(16)20-11/h2-9,19H,10H2,1H3. The van der Waals surface area contributed by atoms with Crippen LogP contribution >= 0.6 is 0 Å². The molecule has 0 amide bonds. The number of rotatable bonds is 1. The van der Waals surface area contributed by atoms with Gasteiger partial charge in [-0.2, -0.15) is 0 Å². The molecule has 3 aromatic carbocycles. The Bertz CT molecular complexity index is 948. The van der Waals surface area contributed by atoms with E-state index in [9.17, 15) is 5.11 Å². The zero-order valence-corrected chi connectivity index (χ0v) is 11.2. The zero-order valence-electron chi connectivity index (χ0n) is 11.2. The van der Waals surface area contributed by atoms with Crippen molar-refractivity contribution in [2.24, 2.45) is 0 Å². The second kappa shape index (κ2) is 4.09. The van der Waals surface area contributed by atoms with Crippen molar-refractivity contribution in [1.29, 1.82) is 0 Å². The van der Waals surface area contributed by atoms with E-state index in [-0.39, 0.29) is 6.61 Å². The van der Waals surface area contributed by atoms with Crippen LogP contribution in [0.4, 0.5) is 0 Å². The summed E-state index contributed by atoms with van der Waals surface area (Å²) in [7, 11) is 0. The van der Waals surface area contributed by atoms with Gasteiger partial charge in [-0.3, -0.25) is 0 Å². The largest absolute Gasteiger partial charge is 0.460 e. The van der Waals surface area contributed by atoms with Crippen molar-refractivity contribution in [3.63, 3.8) is 0 Å². The van der Waals surface area contributed by atoms with Crippen molar-refractivity contribution in [2.45, 2.75) is 13.5 Å². The Labute approximate surface area is 116 Å². The number of aliphatic hydroxyl groups excluding tert-OH is 1. The highest BCUT2D eigenvalue weighted by Crippen LogP contribution is 2.35.